The number of hydrogen-bond donors (Lipinski definition) is 1. The Labute approximate surface area is 126 Å². The van der Waals surface area contributed by atoms with Crippen LogP contribution in [-0.4, -0.2) is 31.7 Å². The van der Waals surface area contributed by atoms with Crippen LogP contribution in [-0.2, 0) is 24.3 Å². The fourth-order valence-corrected chi connectivity index (χ4v) is 2.77. The van der Waals surface area contributed by atoms with Crippen LogP contribution in [0.4, 0.5) is 5.82 Å². The predicted octanol–water partition coefficient (Wildman–Crippen LogP) is 1.90. The van der Waals surface area contributed by atoms with E-state index in [2.05, 4.69) is 32.3 Å². The third-order valence-electron chi connectivity index (χ3n) is 2.97. The summed E-state index contributed by atoms with van der Waals surface area (Å²) in [6.45, 7) is 3.22. The van der Waals surface area contributed by atoms with Gasteiger partial charge >= 0.3 is 0 Å². The Morgan fingerprint density at radius 3 is 3.05 bits per heavy atom. The molecule has 21 heavy (non-hydrogen) atoms. The molecule has 3 aromatic rings. The molecule has 0 saturated heterocycles. The molecule has 1 N–H and O–H groups in total. The lowest BCUT2D eigenvalue weighted by Gasteiger charge is -2.08. The third kappa shape index (κ3) is 3.01. The Morgan fingerprint density at radius 1 is 1.38 bits per heavy atom. The highest BCUT2D eigenvalue weighted by molar-refractivity contribution is 7.11. The van der Waals surface area contributed by atoms with Gasteiger partial charge in [-0.15, -0.1) is 11.3 Å². The number of aryl methyl sites for hydroxylation is 1. The summed E-state index contributed by atoms with van der Waals surface area (Å²) in [5, 5.41) is 8.56. The van der Waals surface area contributed by atoms with Gasteiger partial charge < -0.3 is 10.1 Å². The second-order valence-corrected chi connectivity index (χ2v) is 5.66. The van der Waals surface area contributed by atoms with Gasteiger partial charge in [0.05, 0.1) is 18.8 Å². The van der Waals surface area contributed by atoms with Gasteiger partial charge in [0.2, 0.25) is 0 Å². The lowest BCUT2D eigenvalue weighted by molar-refractivity contribution is 0.181. The molecule has 0 atom stereocenters. The Hall–Kier alpha value is -2.06. The summed E-state index contributed by atoms with van der Waals surface area (Å²) in [5.74, 6) is 1.39. The van der Waals surface area contributed by atoms with E-state index >= 15 is 0 Å². The lowest BCUT2D eigenvalue weighted by Crippen LogP contribution is -2.08. The van der Waals surface area contributed by atoms with E-state index in [1.807, 2.05) is 12.3 Å². The largest absolute Gasteiger partial charge is 0.378 e. The molecule has 8 heteroatoms. The molecule has 0 radical (unpaired) electrons. The second-order valence-electron chi connectivity index (χ2n) is 4.46. The van der Waals surface area contributed by atoms with Crippen LogP contribution in [0.5, 0.6) is 0 Å². The minimum absolute atomic E-state index is 0.440. The topological polar surface area (TPSA) is 77.2 Å². The molecule has 110 valence electrons. The zero-order chi connectivity index (χ0) is 14.7. The molecule has 3 aromatic heterocycles. The van der Waals surface area contributed by atoms with Crippen LogP contribution < -0.4 is 5.32 Å². The summed E-state index contributed by atoms with van der Waals surface area (Å²) < 4.78 is 6.81. The van der Waals surface area contributed by atoms with Crippen molar-refractivity contribution >= 4 is 22.9 Å². The highest BCUT2D eigenvalue weighted by atomic mass is 32.1. The number of anilines is 1. The van der Waals surface area contributed by atoms with Crippen molar-refractivity contribution in [2.45, 2.75) is 26.5 Å². The summed E-state index contributed by atoms with van der Waals surface area (Å²) >= 11 is 1.71. The summed E-state index contributed by atoms with van der Waals surface area (Å²) in [6.07, 6.45) is 4.43. The van der Waals surface area contributed by atoms with Gasteiger partial charge in [0.25, 0.3) is 5.78 Å². The van der Waals surface area contributed by atoms with Crippen LogP contribution >= 0.6 is 11.3 Å². The number of fused-ring (bicyclic) bond motifs is 1. The van der Waals surface area contributed by atoms with E-state index in [4.69, 9.17) is 4.74 Å². The number of rotatable bonds is 6. The number of methoxy groups -OCH3 is 1. The Bertz CT molecular complexity index is 737. The normalized spacial score (nSPS) is 11.1. The maximum atomic E-state index is 5.13. The number of hydrogen-bond acceptors (Lipinski definition) is 7. The molecule has 0 amide bonds. The molecule has 0 aliphatic carbocycles. The van der Waals surface area contributed by atoms with Gasteiger partial charge in [0, 0.05) is 24.3 Å². The molecule has 0 saturated carbocycles. The van der Waals surface area contributed by atoms with E-state index in [0.29, 0.717) is 18.9 Å². The van der Waals surface area contributed by atoms with Crippen molar-refractivity contribution in [3.05, 3.63) is 34.2 Å². The van der Waals surface area contributed by atoms with Crippen molar-refractivity contribution in [2.75, 3.05) is 12.4 Å². The monoisotopic (exact) mass is 304 g/mol. The quantitative estimate of drug-likeness (QED) is 0.749. The molecule has 0 unspecified atom stereocenters. The van der Waals surface area contributed by atoms with Crippen LogP contribution in [0.25, 0.3) is 5.78 Å². The van der Waals surface area contributed by atoms with Crippen LogP contribution in [0.15, 0.2) is 18.6 Å². The summed E-state index contributed by atoms with van der Waals surface area (Å²) in [4.78, 5) is 14.2. The lowest BCUT2D eigenvalue weighted by atomic mass is 10.4. The van der Waals surface area contributed by atoms with E-state index in [-0.39, 0.29) is 0 Å². The zero-order valence-electron chi connectivity index (χ0n) is 11.9. The van der Waals surface area contributed by atoms with Crippen molar-refractivity contribution in [3.8, 4) is 0 Å². The minimum atomic E-state index is 0.440. The van der Waals surface area contributed by atoms with Gasteiger partial charge in [-0.2, -0.15) is 14.6 Å². The molecule has 0 aliphatic rings. The zero-order valence-corrected chi connectivity index (χ0v) is 12.7. The molecule has 3 rings (SSSR count). The van der Waals surface area contributed by atoms with Crippen molar-refractivity contribution in [2.24, 2.45) is 0 Å². The minimum Gasteiger partial charge on any atom is -0.378 e. The van der Waals surface area contributed by atoms with Crippen LogP contribution in [0.3, 0.4) is 0 Å². The van der Waals surface area contributed by atoms with Crippen molar-refractivity contribution in [3.63, 3.8) is 0 Å². The molecule has 0 bridgehead atoms. The van der Waals surface area contributed by atoms with E-state index in [0.717, 1.165) is 22.9 Å². The van der Waals surface area contributed by atoms with E-state index < -0.39 is 0 Å². The molecular formula is C13H16N6OS. The Balaban J connectivity index is 1.83. The maximum Gasteiger partial charge on any atom is 0.254 e. The van der Waals surface area contributed by atoms with Gasteiger partial charge in [-0.1, -0.05) is 6.92 Å². The first-order valence-corrected chi connectivity index (χ1v) is 7.48. The highest BCUT2D eigenvalue weighted by Crippen LogP contribution is 2.16. The fraction of sp³-hybridized carbons (Fsp3) is 0.385. The molecule has 0 spiro atoms. The van der Waals surface area contributed by atoms with Crippen LogP contribution in [0, 0.1) is 0 Å². The summed E-state index contributed by atoms with van der Waals surface area (Å²) in [7, 11) is 1.64. The fourth-order valence-electron chi connectivity index (χ4n) is 1.97. The van der Waals surface area contributed by atoms with Crippen molar-refractivity contribution in [1.82, 2.24) is 24.6 Å². The van der Waals surface area contributed by atoms with Gasteiger partial charge in [-0.05, 0) is 6.42 Å². The number of nitrogens with one attached hydrogen (secondary N) is 1. The summed E-state index contributed by atoms with van der Waals surface area (Å²) in [5.41, 5.74) is 0.814. The average molecular weight is 304 g/mol. The predicted molar refractivity (Wildman–Crippen MR) is 80.3 cm³/mol. The number of aromatic nitrogens is 5. The average Bonchev–Trinajstić information content (AvgIpc) is 3.13. The van der Waals surface area contributed by atoms with Gasteiger partial charge in [-0.25, -0.2) is 9.97 Å². The maximum absolute atomic E-state index is 5.13. The van der Waals surface area contributed by atoms with E-state index in [1.165, 1.54) is 11.2 Å². The SMILES string of the molecule is CCc1cnc(CNc2cc(COC)nc3ncnn23)s1. The first kappa shape index (κ1) is 13.9. The van der Waals surface area contributed by atoms with E-state index in [9.17, 15) is 0 Å². The van der Waals surface area contributed by atoms with Crippen molar-refractivity contribution < 1.29 is 4.74 Å². The first-order valence-electron chi connectivity index (χ1n) is 6.66. The Kier molecular flexibility index (Phi) is 4.07. The van der Waals surface area contributed by atoms with Crippen molar-refractivity contribution in [1.29, 1.82) is 0 Å². The van der Waals surface area contributed by atoms with Gasteiger partial charge in [-0.3, -0.25) is 0 Å². The number of nitrogens with zero attached hydrogens (tertiary/aromatic N) is 5. The number of thiazole rings is 1. The standard InChI is InChI=1S/C13H16N6OS/c1-3-10-5-15-12(21-10)6-14-11-4-9(7-20-2)18-13-16-8-17-19(11)13/h4-5,8,14H,3,6-7H2,1-2H3. The smallest absolute Gasteiger partial charge is 0.254 e. The molecule has 0 fully saturated rings. The third-order valence-corrected chi connectivity index (χ3v) is 4.11. The summed E-state index contributed by atoms with van der Waals surface area (Å²) in [6, 6.07) is 1.92. The first-order chi connectivity index (χ1) is 10.3. The van der Waals surface area contributed by atoms with Crippen LogP contribution in [0.2, 0.25) is 0 Å². The van der Waals surface area contributed by atoms with Gasteiger partial charge in [0.15, 0.2) is 0 Å². The van der Waals surface area contributed by atoms with Gasteiger partial charge in [0.1, 0.15) is 17.2 Å². The molecule has 0 aliphatic heterocycles. The number of ether oxygens (including phenoxy) is 1. The Morgan fingerprint density at radius 2 is 2.29 bits per heavy atom. The molecule has 0 aromatic carbocycles. The van der Waals surface area contributed by atoms with Crippen LogP contribution in [0.1, 0.15) is 22.5 Å². The molecule has 7 nitrogen and oxygen atoms in total. The molecular weight excluding hydrogens is 288 g/mol. The highest BCUT2D eigenvalue weighted by Gasteiger charge is 2.08. The second kappa shape index (κ2) is 6.15. The molecule has 3 heterocycles. The van der Waals surface area contributed by atoms with E-state index in [1.54, 1.807) is 23.0 Å².